The first-order chi connectivity index (χ1) is 12.2. The van der Waals surface area contributed by atoms with E-state index in [0.29, 0.717) is 24.0 Å². The number of hydrogen-bond acceptors (Lipinski definition) is 4. The van der Waals surface area contributed by atoms with Crippen LogP contribution >= 0.6 is 0 Å². The van der Waals surface area contributed by atoms with Crippen molar-refractivity contribution in [2.75, 3.05) is 32.1 Å². The number of fused-ring (bicyclic) bond motifs is 3. The number of ether oxygens (including phenoxy) is 1. The van der Waals surface area contributed by atoms with Gasteiger partial charge in [-0.05, 0) is 68.7 Å². The van der Waals surface area contributed by atoms with Crippen LogP contribution in [0.15, 0.2) is 18.2 Å². The van der Waals surface area contributed by atoms with Gasteiger partial charge in [0, 0.05) is 24.0 Å². The van der Waals surface area contributed by atoms with Crippen molar-refractivity contribution in [3.63, 3.8) is 0 Å². The molecule has 0 amide bonds. The standard InChI is InChI=1S/C21H28N2O2/c1-25-16-5-2-4-15-17(16)22-21-8-7-19(12-14(21)13-24)6-3-10-23-11-9-20(15,21)18(19)23/h2,4-5,14,18,22,24H,3,6-13H2,1H3/t14-,18-,19+,20+,21+/m0/s1. The summed E-state index contributed by atoms with van der Waals surface area (Å²) in [6.45, 7) is 2.78. The Balaban J connectivity index is 1.66. The van der Waals surface area contributed by atoms with Crippen LogP contribution in [0.5, 0.6) is 5.75 Å². The van der Waals surface area contributed by atoms with E-state index in [4.69, 9.17) is 4.74 Å². The lowest BCUT2D eigenvalue weighted by Gasteiger charge is -2.69. The van der Waals surface area contributed by atoms with Crippen LogP contribution in [0.25, 0.3) is 0 Å². The van der Waals surface area contributed by atoms with Crippen LogP contribution < -0.4 is 10.1 Å². The number of aliphatic hydroxyl groups excluding tert-OH is 1. The Morgan fingerprint density at radius 2 is 2.16 bits per heavy atom. The maximum atomic E-state index is 10.4. The van der Waals surface area contributed by atoms with Crippen molar-refractivity contribution in [3.8, 4) is 5.75 Å². The number of rotatable bonds is 2. The molecule has 2 N–H and O–H groups in total. The summed E-state index contributed by atoms with van der Waals surface area (Å²) in [5.74, 6) is 1.33. The highest BCUT2D eigenvalue weighted by atomic mass is 16.5. The molecular weight excluding hydrogens is 312 g/mol. The van der Waals surface area contributed by atoms with Gasteiger partial charge >= 0.3 is 0 Å². The average molecular weight is 340 g/mol. The number of benzene rings is 1. The molecule has 1 aromatic carbocycles. The summed E-state index contributed by atoms with van der Waals surface area (Å²) >= 11 is 0. The molecule has 3 heterocycles. The molecule has 2 saturated heterocycles. The number of piperidine rings is 1. The molecule has 0 aromatic heterocycles. The Bertz CT molecular complexity index is 751. The molecule has 4 heteroatoms. The van der Waals surface area contributed by atoms with Crippen molar-refractivity contribution < 1.29 is 9.84 Å². The third-order valence-electron chi connectivity index (χ3n) is 8.78. The van der Waals surface area contributed by atoms with Crippen molar-refractivity contribution in [2.45, 2.75) is 55.5 Å². The Hall–Kier alpha value is -1.26. The third-order valence-corrected chi connectivity index (χ3v) is 8.78. The van der Waals surface area contributed by atoms with Crippen LogP contribution in [0, 0.1) is 11.3 Å². The molecule has 3 aliphatic carbocycles. The Kier molecular flexibility index (Phi) is 2.69. The number of hydrogen-bond donors (Lipinski definition) is 2. The quantitative estimate of drug-likeness (QED) is 0.869. The fourth-order valence-corrected chi connectivity index (χ4v) is 8.21. The second-order valence-electron chi connectivity index (χ2n) is 9.19. The van der Waals surface area contributed by atoms with Crippen LogP contribution in [-0.4, -0.2) is 48.4 Å². The molecule has 3 saturated carbocycles. The van der Waals surface area contributed by atoms with Gasteiger partial charge in [0.1, 0.15) is 5.75 Å². The van der Waals surface area contributed by atoms with Gasteiger partial charge in [0.25, 0.3) is 0 Å². The zero-order chi connectivity index (χ0) is 16.9. The number of aliphatic hydroxyl groups is 1. The van der Waals surface area contributed by atoms with Crippen molar-refractivity contribution in [2.24, 2.45) is 11.3 Å². The lowest BCUT2D eigenvalue weighted by atomic mass is 9.39. The molecule has 3 aliphatic heterocycles. The molecule has 5 atom stereocenters. The minimum Gasteiger partial charge on any atom is -0.495 e. The van der Waals surface area contributed by atoms with Crippen LogP contribution in [-0.2, 0) is 5.41 Å². The third kappa shape index (κ3) is 1.39. The van der Waals surface area contributed by atoms with Crippen molar-refractivity contribution in [1.82, 2.24) is 4.90 Å². The summed E-state index contributed by atoms with van der Waals surface area (Å²) in [4.78, 5) is 2.81. The summed E-state index contributed by atoms with van der Waals surface area (Å²) in [5.41, 5.74) is 3.27. The first-order valence-corrected chi connectivity index (χ1v) is 10.0. The van der Waals surface area contributed by atoms with E-state index in [1.54, 1.807) is 7.11 Å². The van der Waals surface area contributed by atoms with E-state index < -0.39 is 0 Å². The van der Waals surface area contributed by atoms with E-state index >= 15 is 0 Å². The summed E-state index contributed by atoms with van der Waals surface area (Å²) in [6, 6.07) is 7.24. The van der Waals surface area contributed by atoms with Gasteiger partial charge in [-0.25, -0.2) is 0 Å². The molecule has 134 valence electrons. The van der Waals surface area contributed by atoms with Crippen LogP contribution in [0.4, 0.5) is 5.69 Å². The molecule has 2 bridgehead atoms. The highest BCUT2D eigenvalue weighted by Gasteiger charge is 2.77. The molecule has 5 fully saturated rings. The monoisotopic (exact) mass is 340 g/mol. The van der Waals surface area contributed by atoms with Crippen LogP contribution in [0.2, 0.25) is 0 Å². The first kappa shape index (κ1) is 14.9. The van der Waals surface area contributed by atoms with Crippen molar-refractivity contribution >= 4 is 5.69 Å². The van der Waals surface area contributed by atoms with Gasteiger partial charge in [-0.2, -0.15) is 0 Å². The normalized spacial score (nSPS) is 46.3. The molecule has 25 heavy (non-hydrogen) atoms. The maximum absolute atomic E-state index is 10.4. The zero-order valence-electron chi connectivity index (χ0n) is 15.1. The Labute approximate surface area is 149 Å². The second-order valence-corrected chi connectivity index (χ2v) is 9.19. The number of anilines is 1. The molecule has 6 aliphatic rings. The predicted molar refractivity (Wildman–Crippen MR) is 97.1 cm³/mol. The van der Waals surface area contributed by atoms with Crippen molar-refractivity contribution in [3.05, 3.63) is 23.8 Å². The molecule has 4 nitrogen and oxygen atoms in total. The summed E-state index contributed by atoms with van der Waals surface area (Å²) in [6.07, 6.45) is 7.60. The average Bonchev–Trinajstić information content (AvgIpc) is 3.20. The smallest absolute Gasteiger partial charge is 0.142 e. The van der Waals surface area contributed by atoms with Gasteiger partial charge in [0.15, 0.2) is 0 Å². The fraction of sp³-hybridized carbons (Fsp3) is 0.714. The number of para-hydroxylation sites is 1. The lowest BCUT2D eigenvalue weighted by Crippen LogP contribution is -2.76. The minimum atomic E-state index is 0.0111. The SMILES string of the molecule is COc1cccc2c1N[C@@]13CC[C@]4(CCCN5CC[C@]21[C@@H]54)C[C@H]3CO. The number of nitrogens with one attached hydrogen (secondary N) is 1. The fourth-order valence-electron chi connectivity index (χ4n) is 8.21. The highest BCUT2D eigenvalue weighted by Crippen LogP contribution is 2.74. The maximum Gasteiger partial charge on any atom is 0.142 e. The molecule has 3 spiro atoms. The predicted octanol–water partition coefficient (Wildman–Crippen LogP) is 2.76. The second kappa shape index (κ2) is 4.52. The largest absolute Gasteiger partial charge is 0.495 e. The van der Waals surface area contributed by atoms with E-state index in [2.05, 4.69) is 28.4 Å². The first-order valence-electron chi connectivity index (χ1n) is 10.0. The topological polar surface area (TPSA) is 44.7 Å². The van der Waals surface area contributed by atoms with E-state index in [1.165, 1.54) is 62.9 Å². The number of nitrogens with zero attached hydrogens (tertiary/aromatic N) is 1. The summed E-state index contributed by atoms with van der Waals surface area (Å²) in [7, 11) is 1.78. The molecule has 0 unspecified atom stereocenters. The Morgan fingerprint density at radius 1 is 1.24 bits per heavy atom. The van der Waals surface area contributed by atoms with E-state index in [0.717, 1.165) is 5.75 Å². The highest BCUT2D eigenvalue weighted by molar-refractivity contribution is 5.74. The van der Waals surface area contributed by atoms with E-state index in [9.17, 15) is 5.11 Å². The van der Waals surface area contributed by atoms with Crippen molar-refractivity contribution in [1.29, 1.82) is 0 Å². The lowest BCUT2D eigenvalue weighted by molar-refractivity contribution is -0.137. The van der Waals surface area contributed by atoms with Gasteiger partial charge < -0.3 is 15.2 Å². The van der Waals surface area contributed by atoms with Gasteiger partial charge in [0.2, 0.25) is 0 Å². The Morgan fingerprint density at radius 3 is 3.00 bits per heavy atom. The number of methoxy groups -OCH3 is 1. The minimum absolute atomic E-state index is 0.0111. The summed E-state index contributed by atoms with van der Waals surface area (Å²) in [5, 5.41) is 14.4. The van der Waals surface area contributed by atoms with Crippen LogP contribution in [0.1, 0.15) is 44.1 Å². The molecule has 0 radical (unpaired) electrons. The zero-order valence-corrected chi connectivity index (χ0v) is 15.1. The van der Waals surface area contributed by atoms with Gasteiger partial charge in [0.05, 0.1) is 18.3 Å². The van der Waals surface area contributed by atoms with E-state index in [-0.39, 0.29) is 11.0 Å². The molecule has 1 aromatic rings. The molecular formula is C21H28N2O2. The van der Waals surface area contributed by atoms with Gasteiger partial charge in [-0.3, -0.25) is 4.90 Å². The van der Waals surface area contributed by atoms with Crippen LogP contribution in [0.3, 0.4) is 0 Å². The van der Waals surface area contributed by atoms with E-state index in [1.807, 2.05) is 0 Å². The van der Waals surface area contributed by atoms with Gasteiger partial charge in [-0.15, -0.1) is 0 Å². The summed E-state index contributed by atoms with van der Waals surface area (Å²) < 4.78 is 5.73. The van der Waals surface area contributed by atoms with Gasteiger partial charge in [-0.1, -0.05) is 12.1 Å². The molecule has 7 rings (SSSR count).